The SMILES string of the molecule is O=C(O)COc1ccccc1/C=N/NC(=O)c1ccccc1. The third-order valence-electron chi connectivity index (χ3n) is 2.68. The minimum atomic E-state index is -1.07. The number of nitrogens with zero attached hydrogens (tertiary/aromatic N) is 1. The van der Waals surface area contributed by atoms with Crippen LogP contribution in [-0.2, 0) is 4.79 Å². The number of ether oxygens (including phenoxy) is 1. The number of para-hydroxylation sites is 1. The van der Waals surface area contributed by atoms with Crippen LogP contribution in [0, 0.1) is 0 Å². The Labute approximate surface area is 127 Å². The Morgan fingerprint density at radius 1 is 1.09 bits per heavy atom. The van der Waals surface area contributed by atoms with E-state index in [1.807, 2.05) is 6.07 Å². The van der Waals surface area contributed by atoms with E-state index in [-0.39, 0.29) is 5.91 Å². The molecule has 2 rings (SSSR count). The highest BCUT2D eigenvalue weighted by atomic mass is 16.5. The third kappa shape index (κ3) is 4.45. The van der Waals surface area contributed by atoms with E-state index >= 15 is 0 Å². The number of rotatable bonds is 6. The largest absolute Gasteiger partial charge is 0.481 e. The number of hydrogen-bond donors (Lipinski definition) is 2. The fourth-order valence-corrected chi connectivity index (χ4v) is 1.67. The lowest BCUT2D eigenvalue weighted by atomic mass is 10.2. The highest BCUT2D eigenvalue weighted by molar-refractivity contribution is 5.95. The van der Waals surface area contributed by atoms with Gasteiger partial charge in [0.15, 0.2) is 6.61 Å². The van der Waals surface area contributed by atoms with Crippen molar-refractivity contribution in [2.24, 2.45) is 5.10 Å². The molecule has 0 aliphatic rings. The van der Waals surface area contributed by atoms with Crippen molar-refractivity contribution < 1.29 is 19.4 Å². The van der Waals surface area contributed by atoms with Crippen LogP contribution >= 0.6 is 0 Å². The Balaban J connectivity index is 2.01. The molecule has 0 aliphatic heterocycles. The van der Waals surface area contributed by atoms with Gasteiger partial charge >= 0.3 is 5.97 Å². The number of benzene rings is 2. The molecule has 0 saturated heterocycles. The Morgan fingerprint density at radius 3 is 2.50 bits per heavy atom. The number of amides is 1. The number of carboxylic acid groups (broad SMARTS) is 1. The summed E-state index contributed by atoms with van der Waals surface area (Å²) in [5.41, 5.74) is 3.46. The molecule has 6 nitrogen and oxygen atoms in total. The van der Waals surface area contributed by atoms with Gasteiger partial charge in [-0.3, -0.25) is 4.79 Å². The van der Waals surface area contributed by atoms with E-state index in [4.69, 9.17) is 9.84 Å². The quantitative estimate of drug-likeness (QED) is 0.630. The molecule has 22 heavy (non-hydrogen) atoms. The summed E-state index contributed by atoms with van der Waals surface area (Å²) >= 11 is 0. The van der Waals surface area contributed by atoms with E-state index in [1.54, 1.807) is 48.5 Å². The Morgan fingerprint density at radius 2 is 1.77 bits per heavy atom. The van der Waals surface area contributed by atoms with Crippen LogP contribution in [0.1, 0.15) is 15.9 Å². The molecule has 0 unspecified atom stereocenters. The van der Waals surface area contributed by atoms with Crippen molar-refractivity contribution in [2.45, 2.75) is 0 Å². The van der Waals surface area contributed by atoms with Crippen molar-refractivity contribution in [1.82, 2.24) is 5.43 Å². The molecular formula is C16H14N2O4. The van der Waals surface area contributed by atoms with E-state index in [2.05, 4.69) is 10.5 Å². The van der Waals surface area contributed by atoms with Crippen molar-refractivity contribution in [3.63, 3.8) is 0 Å². The van der Waals surface area contributed by atoms with Gasteiger partial charge in [0, 0.05) is 11.1 Å². The summed E-state index contributed by atoms with van der Waals surface area (Å²) in [6, 6.07) is 15.5. The molecule has 0 aromatic heterocycles. The normalized spacial score (nSPS) is 10.4. The van der Waals surface area contributed by atoms with Gasteiger partial charge in [-0.25, -0.2) is 10.2 Å². The van der Waals surface area contributed by atoms with Crippen LogP contribution in [-0.4, -0.2) is 29.8 Å². The fraction of sp³-hybridized carbons (Fsp3) is 0.0625. The standard InChI is InChI=1S/C16H14N2O4/c19-15(20)11-22-14-9-5-4-8-13(14)10-17-18-16(21)12-6-2-1-3-7-12/h1-10H,11H2,(H,18,21)(H,19,20)/b17-10+. The lowest BCUT2D eigenvalue weighted by Crippen LogP contribution is -2.17. The molecule has 0 saturated carbocycles. The number of nitrogens with one attached hydrogen (secondary N) is 1. The lowest BCUT2D eigenvalue weighted by molar-refractivity contribution is -0.139. The van der Waals surface area contributed by atoms with Gasteiger partial charge in [-0.05, 0) is 24.3 Å². The first kappa shape index (κ1) is 15.2. The van der Waals surface area contributed by atoms with Crippen molar-refractivity contribution in [1.29, 1.82) is 0 Å². The topological polar surface area (TPSA) is 88.0 Å². The van der Waals surface area contributed by atoms with Gasteiger partial charge in [0.05, 0.1) is 6.21 Å². The maximum atomic E-state index is 11.8. The van der Waals surface area contributed by atoms with Crippen molar-refractivity contribution >= 4 is 18.1 Å². The van der Waals surface area contributed by atoms with Gasteiger partial charge in [-0.2, -0.15) is 5.10 Å². The highest BCUT2D eigenvalue weighted by Gasteiger charge is 2.04. The molecule has 2 N–H and O–H groups in total. The molecule has 1 amide bonds. The average molecular weight is 298 g/mol. The molecule has 112 valence electrons. The van der Waals surface area contributed by atoms with Gasteiger partial charge in [-0.1, -0.05) is 30.3 Å². The molecule has 2 aromatic rings. The molecule has 6 heteroatoms. The van der Waals surface area contributed by atoms with Crippen LogP contribution in [0.5, 0.6) is 5.75 Å². The summed E-state index contributed by atoms with van der Waals surface area (Å²) in [7, 11) is 0. The summed E-state index contributed by atoms with van der Waals surface area (Å²) < 4.78 is 5.14. The summed E-state index contributed by atoms with van der Waals surface area (Å²) in [6.07, 6.45) is 1.40. The molecule has 0 spiro atoms. The van der Waals surface area contributed by atoms with E-state index in [0.29, 0.717) is 16.9 Å². The number of aliphatic carboxylic acids is 1. The second-order valence-corrected chi connectivity index (χ2v) is 4.29. The summed E-state index contributed by atoms with van der Waals surface area (Å²) in [6.45, 7) is -0.443. The summed E-state index contributed by atoms with van der Waals surface area (Å²) in [5.74, 6) is -1.02. The van der Waals surface area contributed by atoms with Crippen LogP contribution < -0.4 is 10.2 Å². The first-order valence-corrected chi connectivity index (χ1v) is 6.49. The number of carbonyl (C=O) groups excluding carboxylic acids is 1. The second-order valence-electron chi connectivity index (χ2n) is 4.29. The minimum Gasteiger partial charge on any atom is -0.481 e. The van der Waals surface area contributed by atoms with Gasteiger partial charge in [-0.15, -0.1) is 0 Å². The Bertz CT molecular complexity index is 684. The summed E-state index contributed by atoms with van der Waals surface area (Å²) in [5, 5.41) is 12.5. The van der Waals surface area contributed by atoms with Gasteiger partial charge in [0.2, 0.25) is 0 Å². The number of hydrazone groups is 1. The number of carbonyl (C=O) groups is 2. The average Bonchev–Trinajstić information content (AvgIpc) is 2.54. The molecule has 0 fully saturated rings. The Kier molecular flexibility index (Phi) is 5.25. The van der Waals surface area contributed by atoms with Crippen LogP contribution in [0.25, 0.3) is 0 Å². The smallest absolute Gasteiger partial charge is 0.341 e. The zero-order valence-electron chi connectivity index (χ0n) is 11.6. The van der Waals surface area contributed by atoms with Gasteiger partial charge in [0.25, 0.3) is 5.91 Å². The van der Waals surface area contributed by atoms with Crippen molar-refractivity contribution in [3.05, 3.63) is 65.7 Å². The molecule has 0 radical (unpaired) electrons. The van der Waals surface area contributed by atoms with E-state index in [0.717, 1.165) is 0 Å². The monoisotopic (exact) mass is 298 g/mol. The van der Waals surface area contributed by atoms with Crippen LogP contribution in [0.2, 0.25) is 0 Å². The first-order valence-electron chi connectivity index (χ1n) is 6.49. The fourth-order valence-electron chi connectivity index (χ4n) is 1.67. The molecule has 0 aliphatic carbocycles. The zero-order chi connectivity index (χ0) is 15.8. The molecule has 2 aromatic carbocycles. The van der Waals surface area contributed by atoms with Crippen LogP contribution in [0.4, 0.5) is 0 Å². The molecular weight excluding hydrogens is 284 g/mol. The van der Waals surface area contributed by atoms with E-state index in [9.17, 15) is 9.59 Å². The van der Waals surface area contributed by atoms with E-state index in [1.165, 1.54) is 6.21 Å². The van der Waals surface area contributed by atoms with Gasteiger partial charge in [0.1, 0.15) is 5.75 Å². The molecule has 0 heterocycles. The van der Waals surface area contributed by atoms with Crippen LogP contribution in [0.3, 0.4) is 0 Å². The van der Waals surface area contributed by atoms with E-state index < -0.39 is 12.6 Å². The van der Waals surface area contributed by atoms with Gasteiger partial charge < -0.3 is 9.84 Å². The highest BCUT2D eigenvalue weighted by Crippen LogP contribution is 2.15. The lowest BCUT2D eigenvalue weighted by Gasteiger charge is -2.06. The van der Waals surface area contributed by atoms with Crippen molar-refractivity contribution in [3.8, 4) is 5.75 Å². The molecule has 0 atom stereocenters. The van der Waals surface area contributed by atoms with Crippen LogP contribution in [0.15, 0.2) is 59.7 Å². The molecule has 0 bridgehead atoms. The Hall–Kier alpha value is -3.15. The zero-order valence-corrected chi connectivity index (χ0v) is 11.6. The summed E-state index contributed by atoms with van der Waals surface area (Å²) in [4.78, 5) is 22.3. The first-order chi connectivity index (χ1) is 10.7. The minimum absolute atomic E-state index is 0.333. The maximum absolute atomic E-state index is 11.8. The predicted octanol–water partition coefficient (Wildman–Crippen LogP) is 1.91. The third-order valence-corrected chi connectivity index (χ3v) is 2.68. The maximum Gasteiger partial charge on any atom is 0.341 e. The van der Waals surface area contributed by atoms with Crippen molar-refractivity contribution in [2.75, 3.05) is 6.61 Å². The number of hydrogen-bond acceptors (Lipinski definition) is 4. The second kappa shape index (κ2) is 7.58. The predicted molar refractivity (Wildman–Crippen MR) is 81.1 cm³/mol. The number of carboxylic acids is 1.